The second-order valence-electron chi connectivity index (χ2n) is 3.79. The molecule has 0 saturated heterocycles. The second kappa shape index (κ2) is 6.06. The fourth-order valence-corrected chi connectivity index (χ4v) is 1.66. The maximum Gasteiger partial charge on any atom is 0.220 e. The number of hydrogen-bond acceptors (Lipinski definition) is 2. The van der Waals surface area contributed by atoms with Gasteiger partial charge in [-0.3, -0.25) is 4.79 Å². The zero-order valence-electron chi connectivity index (χ0n) is 8.86. The Morgan fingerprint density at radius 1 is 1.13 bits per heavy atom. The van der Waals surface area contributed by atoms with Gasteiger partial charge in [0.2, 0.25) is 5.91 Å². The Labute approximate surface area is 90.5 Å². The number of carbonyl (C=O) groups excluding carboxylic acids is 1. The van der Waals surface area contributed by atoms with Gasteiger partial charge in [-0.05, 0) is 25.0 Å². The molecule has 1 aromatic carbocycles. The van der Waals surface area contributed by atoms with Crippen LogP contribution in [0.15, 0.2) is 30.3 Å². The number of rotatable bonds is 1. The van der Waals surface area contributed by atoms with E-state index in [4.69, 9.17) is 11.5 Å². The molecule has 0 unspecified atom stereocenters. The summed E-state index contributed by atoms with van der Waals surface area (Å²) in [6.07, 6.45) is 4.42. The van der Waals surface area contributed by atoms with E-state index in [2.05, 4.69) is 0 Å². The molecule has 1 aliphatic rings. The van der Waals surface area contributed by atoms with Crippen molar-refractivity contribution in [3.05, 3.63) is 30.3 Å². The molecule has 1 saturated carbocycles. The van der Waals surface area contributed by atoms with Crippen LogP contribution in [0.5, 0.6) is 0 Å². The highest BCUT2D eigenvalue weighted by molar-refractivity contribution is 5.76. The van der Waals surface area contributed by atoms with Crippen molar-refractivity contribution in [2.24, 2.45) is 11.7 Å². The molecule has 0 radical (unpaired) electrons. The summed E-state index contributed by atoms with van der Waals surface area (Å²) in [5.41, 5.74) is 11.2. The number of anilines is 1. The van der Waals surface area contributed by atoms with Crippen LogP contribution in [0.25, 0.3) is 0 Å². The molecular weight excluding hydrogens is 188 g/mol. The van der Waals surface area contributed by atoms with Crippen molar-refractivity contribution in [1.29, 1.82) is 0 Å². The molecule has 2 rings (SSSR count). The molecule has 0 aromatic heterocycles. The van der Waals surface area contributed by atoms with E-state index in [0.717, 1.165) is 18.5 Å². The van der Waals surface area contributed by atoms with Gasteiger partial charge in [-0.15, -0.1) is 0 Å². The first-order chi connectivity index (χ1) is 7.20. The molecule has 1 fully saturated rings. The minimum atomic E-state index is -0.109. The number of benzene rings is 1. The number of amides is 1. The fraction of sp³-hybridized carbons (Fsp3) is 0.417. The van der Waals surface area contributed by atoms with E-state index in [-0.39, 0.29) is 11.8 Å². The van der Waals surface area contributed by atoms with Crippen molar-refractivity contribution in [2.45, 2.75) is 25.7 Å². The highest BCUT2D eigenvalue weighted by atomic mass is 16.1. The van der Waals surface area contributed by atoms with Crippen molar-refractivity contribution < 1.29 is 4.79 Å². The van der Waals surface area contributed by atoms with Gasteiger partial charge in [0, 0.05) is 11.6 Å². The average Bonchev–Trinajstić information content (AvgIpc) is 2.72. The molecule has 1 aliphatic carbocycles. The maximum atomic E-state index is 10.4. The van der Waals surface area contributed by atoms with Gasteiger partial charge in [-0.1, -0.05) is 31.0 Å². The van der Waals surface area contributed by atoms with Crippen molar-refractivity contribution in [1.82, 2.24) is 0 Å². The molecule has 82 valence electrons. The molecule has 0 spiro atoms. The lowest BCUT2D eigenvalue weighted by Crippen LogP contribution is -2.19. The number of nitrogen functional groups attached to an aromatic ring is 1. The van der Waals surface area contributed by atoms with Gasteiger partial charge in [0.1, 0.15) is 0 Å². The van der Waals surface area contributed by atoms with Gasteiger partial charge in [0.25, 0.3) is 0 Å². The predicted octanol–water partition coefficient (Wildman–Crippen LogP) is 1.93. The molecule has 3 heteroatoms. The first-order valence-corrected chi connectivity index (χ1v) is 5.30. The highest BCUT2D eigenvalue weighted by Crippen LogP contribution is 2.23. The summed E-state index contributed by atoms with van der Waals surface area (Å²) in [7, 11) is 0. The number of hydrogen-bond donors (Lipinski definition) is 2. The Hall–Kier alpha value is -1.51. The van der Waals surface area contributed by atoms with E-state index in [0.29, 0.717) is 0 Å². The molecule has 4 N–H and O–H groups in total. The lowest BCUT2D eigenvalue weighted by molar-refractivity contribution is -0.121. The summed E-state index contributed by atoms with van der Waals surface area (Å²) in [4.78, 5) is 10.4. The molecule has 1 aromatic rings. The standard InChI is InChI=1S/C6H11NO.C6H7N/c7-6(8)5-3-1-2-4-5;7-6-4-2-1-3-5-6/h5H,1-4H2,(H2,7,8);1-5H,7H2. The summed E-state index contributed by atoms with van der Waals surface area (Å²) in [5.74, 6) is 0.0949. The molecule has 3 nitrogen and oxygen atoms in total. The molecule has 0 heterocycles. The summed E-state index contributed by atoms with van der Waals surface area (Å²) in [6.45, 7) is 0. The van der Waals surface area contributed by atoms with Crippen LogP contribution < -0.4 is 11.5 Å². The van der Waals surface area contributed by atoms with Gasteiger partial charge in [-0.2, -0.15) is 0 Å². The molecule has 15 heavy (non-hydrogen) atoms. The zero-order valence-corrected chi connectivity index (χ0v) is 8.86. The smallest absolute Gasteiger partial charge is 0.220 e. The van der Waals surface area contributed by atoms with E-state index in [9.17, 15) is 4.79 Å². The van der Waals surface area contributed by atoms with Crippen molar-refractivity contribution in [3.63, 3.8) is 0 Å². The Morgan fingerprint density at radius 2 is 1.67 bits per heavy atom. The van der Waals surface area contributed by atoms with Crippen LogP contribution in [0, 0.1) is 5.92 Å². The van der Waals surface area contributed by atoms with Gasteiger partial charge < -0.3 is 11.5 Å². The van der Waals surface area contributed by atoms with E-state index >= 15 is 0 Å². The zero-order chi connectivity index (χ0) is 11.1. The van der Waals surface area contributed by atoms with Crippen LogP contribution >= 0.6 is 0 Å². The molecule has 0 atom stereocenters. The van der Waals surface area contributed by atoms with Crippen LogP contribution in [0.3, 0.4) is 0 Å². The quantitative estimate of drug-likeness (QED) is 0.689. The van der Waals surface area contributed by atoms with E-state index < -0.39 is 0 Å². The SMILES string of the molecule is NC(=O)C1CCCC1.Nc1ccccc1. The monoisotopic (exact) mass is 206 g/mol. The van der Waals surface area contributed by atoms with Gasteiger partial charge in [0.15, 0.2) is 0 Å². The third-order valence-electron chi connectivity index (χ3n) is 2.56. The topological polar surface area (TPSA) is 69.1 Å². The van der Waals surface area contributed by atoms with E-state index in [1.54, 1.807) is 0 Å². The van der Waals surface area contributed by atoms with Gasteiger partial charge in [-0.25, -0.2) is 0 Å². The van der Waals surface area contributed by atoms with Crippen LogP contribution in [-0.4, -0.2) is 5.91 Å². The highest BCUT2D eigenvalue weighted by Gasteiger charge is 2.19. The van der Waals surface area contributed by atoms with Crippen molar-refractivity contribution in [3.8, 4) is 0 Å². The Balaban J connectivity index is 0.000000151. The minimum Gasteiger partial charge on any atom is -0.399 e. The Bertz CT molecular complexity index is 292. The molecule has 1 amide bonds. The normalized spacial score (nSPS) is 15.5. The number of para-hydroxylation sites is 1. The van der Waals surface area contributed by atoms with Crippen molar-refractivity contribution >= 4 is 11.6 Å². The van der Waals surface area contributed by atoms with E-state index in [1.807, 2.05) is 30.3 Å². The van der Waals surface area contributed by atoms with Crippen LogP contribution in [0.2, 0.25) is 0 Å². The second-order valence-corrected chi connectivity index (χ2v) is 3.79. The van der Waals surface area contributed by atoms with Crippen LogP contribution in [-0.2, 0) is 4.79 Å². The summed E-state index contributed by atoms with van der Waals surface area (Å²) in [6, 6.07) is 9.49. The van der Waals surface area contributed by atoms with E-state index in [1.165, 1.54) is 12.8 Å². The summed E-state index contributed by atoms with van der Waals surface area (Å²) < 4.78 is 0. The van der Waals surface area contributed by atoms with Crippen LogP contribution in [0.4, 0.5) is 5.69 Å². The Morgan fingerprint density at radius 3 is 1.93 bits per heavy atom. The van der Waals surface area contributed by atoms with Crippen molar-refractivity contribution in [2.75, 3.05) is 5.73 Å². The molecule has 0 aliphatic heterocycles. The predicted molar refractivity (Wildman–Crippen MR) is 62.0 cm³/mol. The largest absolute Gasteiger partial charge is 0.399 e. The molecule has 0 bridgehead atoms. The fourth-order valence-electron chi connectivity index (χ4n) is 1.66. The number of carbonyl (C=O) groups is 1. The summed E-state index contributed by atoms with van der Waals surface area (Å²) in [5, 5.41) is 0. The molecular formula is C12H18N2O. The third kappa shape index (κ3) is 4.49. The lowest BCUT2D eigenvalue weighted by atomic mass is 10.1. The lowest BCUT2D eigenvalue weighted by Gasteiger charge is -1.98. The Kier molecular flexibility index (Phi) is 4.68. The van der Waals surface area contributed by atoms with Crippen LogP contribution in [0.1, 0.15) is 25.7 Å². The first kappa shape index (κ1) is 11.6. The van der Waals surface area contributed by atoms with Gasteiger partial charge >= 0.3 is 0 Å². The average molecular weight is 206 g/mol. The minimum absolute atomic E-state index is 0.109. The van der Waals surface area contributed by atoms with Gasteiger partial charge in [0.05, 0.1) is 0 Å². The maximum absolute atomic E-state index is 10.4. The third-order valence-corrected chi connectivity index (χ3v) is 2.56. The number of nitrogens with two attached hydrogens (primary N) is 2. The first-order valence-electron chi connectivity index (χ1n) is 5.30. The number of primary amides is 1. The summed E-state index contributed by atoms with van der Waals surface area (Å²) >= 11 is 0.